The fourth-order valence-electron chi connectivity index (χ4n) is 2.41. The molecular weight excluding hydrogens is 340 g/mol. The molecule has 1 aromatic rings. The number of nitrogens with one attached hydrogen (secondary N) is 1. The van der Waals surface area contributed by atoms with Crippen LogP contribution in [0.4, 0.5) is 0 Å². The van der Waals surface area contributed by atoms with Crippen molar-refractivity contribution < 1.29 is 17.9 Å². The number of nitrogens with zero attached hydrogens (tertiary/aromatic N) is 3. The van der Waals surface area contributed by atoms with Crippen LogP contribution >= 0.6 is 11.8 Å². The number of hydrogen-bond donors (Lipinski definition) is 1. The van der Waals surface area contributed by atoms with Crippen molar-refractivity contribution in [3.63, 3.8) is 0 Å². The monoisotopic (exact) mass is 362 g/mol. The minimum Gasteiger partial charge on any atom is -0.383 e. The number of rotatable bonds is 7. The highest BCUT2D eigenvalue weighted by atomic mass is 32.2. The predicted octanol–water partition coefficient (Wildman–Crippen LogP) is -0.0396. The van der Waals surface area contributed by atoms with Gasteiger partial charge in [0.15, 0.2) is 15.0 Å². The second kappa shape index (κ2) is 7.63. The molecule has 1 saturated heterocycles. The average Bonchev–Trinajstić information content (AvgIpc) is 3.02. The Bertz CT molecular complexity index is 659. The Balaban J connectivity index is 1.98. The lowest BCUT2D eigenvalue weighted by atomic mass is 10.1. The third-order valence-electron chi connectivity index (χ3n) is 3.72. The smallest absolute Gasteiger partial charge is 0.233 e. The van der Waals surface area contributed by atoms with Crippen LogP contribution in [0.15, 0.2) is 5.16 Å². The molecule has 0 aromatic carbocycles. The molecule has 1 N–H and O–H groups in total. The van der Waals surface area contributed by atoms with Gasteiger partial charge < -0.3 is 14.6 Å². The van der Waals surface area contributed by atoms with Crippen molar-refractivity contribution in [3.8, 4) is 0 Å². The van der Waals surface area contributed by atoms with Crippen LogP contribution < -0.4 is 5.32 Å². The van der Waals surface area contributed by atoms with Crippen LogP contribution in [-0.2, 0) is 26.4 Å². The van der Waals surface area contributed by atoms with Gasteiger partial charge in [-0.3, -0.25) is 4.79 Å². The third kappa shape index (κ3) is 4.67. The van der Waals surface area contributed by atoms with Gasteiger partial charge in [0.1, 0.15) is 5.82 Å². The lowest BCUT2D eigenvalue weighted by Crippen LogP contribution is -2.33. The fourth-order valence-corrected chi connectivity index (χ4v) is 5.00. The highest BCUT2D eigenvalue weighted by Crippen LogP contribution is 2.30. The minimum absolute atomic E-state index is 0.0972. The first-order valence-electron chi connectivity index (χ1n) is 7.37. The van der Waals surface area contributed by atoms with E-state index >= 15 is 0 Å². The zero-order chi connectivity index (χ0) is 17.0. The van der Waals surface area contributed by atoms with E-state index in [4.69, 9.17) is 4.74 Å². The SMILES string of the molecule is COCCNC(=O)[C@@H](C)Sc1nnc([C@H]2CCS(=O)(=O)C2)n1C. The minimum atomic E-state index is -2.96. The Hall–Kier alpha value is -1.13. The van der Waals surface area contributed by atoms with E-state index in [0.717, 1.165) is 0 Å². The van der Waals surface area contributed by atoms with Crippen LogP contribution in [0.25, 0.3) is 0 Å². The molecular formula is C13H22N4O4S2. The summed E-state index contributed by atoms with van der Waals surface area (Å²) in [5.74, 6) is 0.778. The van der Waals surface area contributed by atoms with Gasteiger partial charge >= 0.3 is 0 Å². The molecule has 1 amide bonds. The van der Waals surface area contributed by atoms with Crippen molar-refractivity contribution in [2.24, 2.45) is 7.05 Å². The Labute approximate surface area is 140 Å². The topological polar surface area (TPSA) is 103 Å². The van der Waals surface area contributed by atoms with Crippen molar-refractivity contribution in [1.82, 2.24) is 20.1 Å². The maximum Gasteiger partial charge on any atom is 0.233 e. The Morgan fingerprint density at radius 3 is 2.87 bits per heavy atom. The first-order valence-corrected chi connectivity index (χ1v) is 10.1. The maximum absolute atomic E-state index is 12.0. The summed E-state index contributed by atoms with van der Waals surface area (Å²) in [7, 11) is 0.417. The molecule has 0 radical (unpaired) electrons. The van der Waals surface area contributed by atoms with Gasteiger partial charge in [0.05, 0.1) is 23.4 Å². The molecule has 0 unspecified atom stereocenters. The zero-order valence-electron chi connectivity index (χ0n) is 13.5. The lowest BCUT2D eigenvalue weighted by Gasteiger charge is -2.12. The van der Waals surface area contributed by atoms with E-state index in [9.17, 15) is 13.2 Å². The Morgan fingerprint density at radius 1 is 1.52 bits per heavy atom. The number of thioether (sulfide) groups is 1. The van der Waals surface area contributed by atoms with Gasteiger partial charge in [-0.15, -0.1) is 10.2 Å². The first kappa shape index (κ1) is 18.2. The molecule has 23 heavy (non-hydrogen) atoms. The van der Waals surface area contributed by atoms with E-state index in [1.165, 1.54) is 11.8 Å². The van der Waals surface area contributed by atoms with Crippen molar-refractivity contribution >= 4 is 27.5 Å². The quantitative estimate of drug-likeness (QED) is 0.536. The zero-order valence-corrected chi connectivity index (χ0v) is 15.1. The third-order valence-corrected chi connectivity index (χ3v) is 6.62. The van der Waals surface area contributed by atoms with Gasteiger partial charge in [0.2, 0.25) is 5.91 Å². The molecule has 1 aliphatic heterocycles. The first-order chi connectivity index (χ1) is 10.8. The molecule has 8 nitrogen and oxygen atoms in total. The van der Waals surface area contributed by atoms with Crippen molar-refractivity contribution in [2.75, 3.05) is 31.8 Å². The lowest BCUT2D eigenvalue weighted by molar-refractivity contribution is -0.120. The molecule has 0 saturated carbocycles. The highest BCUT2D eigenvalue weighted by molar-refractivity contribution is 8.00. The van der Waals surface area contributed by atoms with Gasteiger partial charge in [-0.1, -0.05) is 11.8 Å². The van der Waals surface area contributed by atoms with Crippen LogP contribution in [0.5, 0.6) is 0 Å². The number of methoxy groups -OCH3 is 1. The van der Waals surface area contributed by atoms with Gasteiger partial charge in [-0.05, 0) is 13.3 Å². The standard InChI is InChI=1S/C13H22N4O4S2/c1-9(12(18)14-5-6-21-3)22-13-16-15-11(17(13)2)10-4-7-23(19,20)8-10/h9-10H,4-8H2,1-3H3,(H,14,18)/t9-,10+/m1/s1. The predicted molar refractivity (Wildman–Crippen MR) is 87.2 cm³/mol. The van der Waals surface area contributed by atoms with Gasteiger partial charge in [0.25, 0.3) is 0 Å². The maximum atomic E-state index is 12.0. The molecule has 1 aromatic heterocycles. The van der Waals surface area contributed by atoms with Crippen molar-refractivity contribution in [3.05, 3.63) is 5.82 Å². The van der Waals surface area contributed by atoms with E-state index in [2.05, 4.69) is 15.5 Å². The second-order valence-electron chi connectivity index (χ2n) is 5.54. The van der Waals surface area contributed by atoms with Gasteiger partial charge in [0, 0.05) is 26.6 Å². The van der Waals surface area contributed by atoms with Gasteiger partial charge in [-0.2, -0.15) is 0 Å². The second-order valence-corrected chi connectivity index (χ2v) is 9.08. The largest absolute Gasteiger partial charge is 0.383 e. The molecule has 0 bridgehead atoms. The highest BCUT2D eigenvalue weighted by Gasteiger charge is 2.33. The van der Waals surface area contributed by atoms with E-state index in [-0.39, 0.29) is 28.6 Å². The fraction of sp³-hybridized carbons (Fsp3) is 0.769. The van der Waals surface area contributed by atoms with E-state index in [1.807, 2.05) is 0 Å². The number of carbonyl (C=O) groups excluding carboxylic acids is 1. The van der Waals surface area contributed by atoms with E-state index < -0.39 is 9.84 Å². The van der Waals surface area contributed by atoms with E-state index in [1.54, 1.807) is 25.6 Å². The number of sulfone groups is 1. The molecule has 130 valence electrons. The molecule has 1 fully saturated rings. The summed E-state index contributed by atoms with van der Waals surface area (Å²) in [6.45, 7) is 2.72. The van der Waals surface area contributed by atoms with Crippen molar-refractivity contribution in [1.29, 1.82) is 0 Å². The molecule has 10 heteroatoms. The molecule has 2 rings (SSSR count). The number of aromatic nitrogens is 3. The summed E-state index contributed by atoms with van der Waals surface area (Å²) in [6, 6.07) is 0. The van der Waals surface area contributed by atoms with Gasteiger partial charge in [-0.25, -0.2) is 8.42 Å². The number of amides is 1. The molecule has 2 atom stereocenters. The van der Waals surface area contributed by atoms with Crippen LogP contribution in [0, 0.1) is 0 Å². The molecule has 0 aliphatic carbocycles. The number of carbonyl (C=O) groups is 1. The van der Waals surface area contributed by atoms with Crippen LogP contribution in [0.1, 0.15) is 25.1 Å². The Morgan fingerprint density at radius 2 is 2.26 bits per heavy atom. The summed E-state index contributed by atoms with van der Waals surface area (Å²) in [5.41, 5.74) is 0. The summed E-state index contributed by atoms with van der Waals surface area (Å²) < 4.78 is 29.9. The van der Waals surface area contributed by atoms with E-state index in [0.29, 0.717) is 30.6 Å². The molecule has 0 spiro atoms. The Kier molecular flexibility index (Phi) is 6.04. The van der Waals surface area contributed by atoms with Crippen LogP contribution in [0.2, 0.25) is 0 Å². The summed E-state index contributed by atoms with van der Waals surface area (Å²) in [6.07, 6.45) is 0.575. The van der Waals surface area contributed by atoms with Crippen molar-refractivity contribution in [2.45, 2.75) is 29.7 Å². The molecule has 2 heterocycles. The molecule has 1 aliphatic rings. The summed E-state index contributed by atoms with van der Waals surface area (Å²) >= 11 is 1.30. The summed E-state index contributed by atoms with van der Waals surface area (Å²) in [5, 5.41) is 11.3. The normalized spacial score (nSPS) is 21.3. The number of ether oxygens (including phenoxy) is 1. The average molecular weight is 362 g/mol. The van der Waals surface area contributed by atoms with Crippen LogP contribution in [-0.4, -0.2) is 66.1 Å². The number of hydrogen-bond acceptors (Lipinski definition) is 7. The van der Waals surface area contributed by atoms with Crippen LogP contribution in [0.3, 0.4) is 0 Å². The summed E-state index contributed by atoms with van der Waals surface area (Å²) in [4.78, 5) is 12.0.